The lowest BCUT2D eigenvalue weighted by molar-refractivity contribution is -0.368. The van der Waals surface area contributed by atoms with Crippen molar-refractivity contribution in [1.82, 2.24) is 4.90 Å². The molecule has 2 aromatic carbocycles. The zero-order valence-corrected chi connectivity index (χ0v) is 19.1. The maximum absolute atomic E-state index is 12.6. The van der Waals surface area contributed by atoms with Crippen molar-refractivity contribution in [2.24, 2.45) is 0 Å². The predicted molar refractivity (Wildman–Crippen MR) is 121 cm³/mol. The van der Waals surface area contributed by atoms with E-state index in [1.165, 1.54) is 12.0 Å². The molecule has 1 atom stereocenters. The molecule has 33 heavy (non-hydrogen) atoms. The van der Waals surface area contributed by atoms with Gasteiger partial charge in [0, 0.05) is 0 Å². The van der Waals surface area contributed by atoms with Gasteiger partial charge in [0.1, 0.15) is 19.3 Å². The van der Waals surface area contributed by atoms with Crippen molar-refractivity contribution in [2.45, 2.75) is 38.5 Å². The molecule has 2 aromatic rings. The van der Waals surface area contributed by atoms with Gasteiger partial charge in [0.2, 0.25) is 0 Å². The molecule has 8 nitrogen and oxygen atoms in total. The fourth-order valence-electron chi connectivity index (χ4n) is 3.28. The first-order valence-corrected chi connectivity index (χ1v) is 11.0. The van der Waals surface area contributed by atoms with Crippen LogP contribution < -0.4 is 5.73 Å². The molecule has 8 heteroatoms. The van der Waals surface area contributed by atoms with Crippen LogP contribution in [0.15, 0.2) is 60.7 Å². The predicted octanol–water partition coefficient (Wildman–Crippen LogP) is 1.73. The normalized spacial score (nSPS) is 11.6. The number of carbonyl (C=O) groups excluding carboxylic acids is 3. The van der Waals surface area contributed by atoms with Gasteiger partial charge in [-0.15, -0.1) is 0 Å². The van der Waals surface area contributed by atoms with E-state index in [2.05, 4.69) is 5.73 Å². The van der Waals surface area contributed by atoms with Crippen LogP contribution in [0, 0.1) is 0 Å². The number of carbonyl (C=O) groups is 3. The number of rotatable bonds is 14. The minimum absolute atomic E-state index is 0.108. The second-order valence-electron chi connectivity index (χ2n) is 7.59. The van der Waals surface area contributed by atoms with Gasteiger partial charge in [0.25, 0.3) is 0 Å². The lowest BCUT2D eigenvalue weighted by atomic mass is 10.1. The summed E-state index contributed by atoms with van der Waals surface area (Å²) in [5.74, 6) is -1.59. The van der Waals surface area contributed by atoms with Gasteiger partial charge in [-0.1, -0.05) is 60.7 Å². The quantitative estimate of drug-likeness (QED) is 0.261. The van der Waals surface area contributed by atoms with Gasteiger partial charge in [-0.05, 0) is 30.4 Å². The van der Waals surface area contributed by atoms with Crippen molar-refractivity contribution in [1.29, 1.82) is 0 Å². The van der Waals surface area contributed by atoms with Crippen molar-refractivity contribution in [2.75, 3.05) is 26.7 Å². The zero-order chi connectivity index (χ0) is 23.9. The zero-order valence-electron chi connectivity index (χ0n) is 19.1. The molecule has 0 aliphatic carbocycles. The van der Waals surface area contributed by atoms with Crippen LogP contribution in [0.2, 0.25) is 0 Å². The molecule has 178 valence electrons. The van der Waals surface area contributed by atoms with E-state index in [0.29, 0.717) is 12.8 Å². The summed E-state index contributed by atoms with van der Waals surface area (Å²) >= 11 is 0. The summed E-state index contributed by atoms with van der Waals surface area (Å²) in [6.45, 7) is 0.466. The summed E-state index contributed by atoms with van der Waals surface area (Å²) in [4.78, 5) is 39.1. The van der Waals surface area contributed by atoms with Crippen LogP contribution in [-0.2, 0) is 41.8 Å². The Morgan fingerprint density at radius 2 is 1.30 bits per heavy atom. The summed E-state index contributed by atoms with van der Waals surface area (Å²) in [6.07, 6.45) is 1.95. The fourth-order valence-corrected chi connectivity index (χ4v) is 3.28. The van der Waals surface area contributed by atoms with Crippen molar-refractivity contribution in [3.05, 3.63) is 71.8 Å². The number of ether oxygens (including phenoxy) is 3. The van der Waals surface area contributed by atoms with Crippen LogP contribution >= 0.6 is 0 Å². The number of esters is 3. The Morgan fingerprint density at radius 1 is 0.818 bits per heavy atom. The lowest BCUT2D eigenvalue weighted by Gasteiger charge is -2.28. The van der Waals surface area contributed by atoms with Gasteiger partial charge in [0.15, 0.2) is 0 Å². The van der Waals surface area contributed by atoms with Crippen molar-refractivity contribution < 1.29 is 34.3 Å². The Hall–Kier alpha value is -3.23. The molecule has 2 rings (SSSR count). The third kappa shape index (κ3) is 9.84. The second-order valence-corrected chi connectivity index (χ2v) is 7.59. The van der Waals surface area contributed by atoms with E-state index in [-0.39, 0.29) is 26.3 Å². The number of methoxy groups -OCH3 is 1. The first kappa shape index (κ1) is 26.0. The molecule has 3 N–H and O–H groups in total. The Bertz CT molecular complexity index is 802. The summed E-state index contributed by atoms with van der Waals surface area (Å²) < 4.78 is 15.7. The standard InChI is InChI=1S/C25H32N2O6/c1-31-25(30)22(14-8-9-15-26)27(16-23(28)32-18-20-10-4-2-5-11-20)17-24(29)33-19-21-12-6-3-7-13-21/h2-7,10-13,22H,8-9,14-19,26H2,1H3/p+1/t22-/m0/s1. The number of nitrogens with zero attached hydrogens (tertiary/aromatic N) is 1. The van der Waals surface area contributed by atoms with Crippen LogP contribution in [-0.4, -0.2) is 55.6 Å². The summed E-state index contributed by atoms with van der Waals surface area (Å²) in [5.41, 5.74) is 5.51. The average Bonchev–Trinajstić information content (AvgIpc) is 2.84. The van der Waals surface area contributed by atoms with E-state index >= 15 is 0 Å². The van der Waals surface area contributed by atoms with E-state index in [4.69, 9.17) is 14.2 Å². The maximum atomic E-state index is 12.6. The highest BCUT2D eigenvalue weighted by molar-refractivity contribution is 5.80. The first-order valence-electron chi connectivity index (χ1n) is 11.0. The number of quaternary nitrogens is 1. The molecule has 0 aromatic heterocycles. The minimum Gasteiger partial charge on any atom is -0.468 e. The molecular weight excluding hydrogens is 424 g/mol. The van der Waals surface area contributed by atoms with Crippen molar-refractivity contribution >= 4 is 17.9 Å². The molecule has 0 bridgehead atoms. The highest BCUT2D eigenvalue weighted by atomic mass is 16.5. The molecular formula is C25H33N2O6+. The Labute approximate surface area is 194 Å². The Kier molecular flexibility index (Phi) is 11.6. The van der Waals surface area contributed by atoms with Crippen LogP contribution in [0.1, 0.15) is 30.4 Å². The van der Waals surface area contributed by atoms with Crippen molar-refractivity contribution in [3.63, 3.8) is 0 Å². The summed E-state index contributed by atoms with van der Waals surface area (Å²) in [6, 6.07) is 17.8. The highest BCUT2D eigenvalue weighted by Gasteiger charge is 2.30. The summed E-state index contributed by atoms with van der Waals surface area (Å²) in [7, 11) is 1.29. The SMILES string of the molecule is COC(=O)[C@H](CCCC[NH3+])N(CC(=O)OCc1ccccc1)CC(=O)OCc1ccccc1. The number of hydrogen-bond acceptors (Lipinski definition) is 7. The third-order valence-corrected chi connectivity index (χ3v) is 5.04. The third-order valence-electron chi connectivity index (χ3n) is 5.04. The van der Waals surface area contributed by atoms with Crippen LogP contribution in [0.3, 0.4) is 0 Å². The number of hydrogen-bond donors (Lipinski definition) is 1. The topological polar surface area (TPSA) is 110 Å². The van der Waals surface area contributed by atoms with Crippen LogP contribution in [0.5, 0.6) is 0 Å². The highest BCUT2D eigenvalue weighted by Crippen LogP contribution is 2.13. The van der Waals surface area contributed by atoms with Gasteiger partial charge in [-0.25, -0.2) is 0 Å². The monoisotopic (exact) mass is 457 g/mol. The van der Waals surface area contributed by atoms with Crippen LogP contribution in [0.25, 0.3) is 0 Å². The maximum Gasteiger partial charge on any atom is 0.323 e. The van der Waals surface area contributed by atoms with Gasteiger partial charge in [-0.2, -0.15) is 0 Å². The number of benzene rings is 2. The minimum atomic E-state index is -0.768. The number of unbranched alkanes of at least 4 members (excludes halogenated alkanes) is 1. The van der Waals surface area contributed by atoms with E-state index in [1.807, 2.05) is 60.7 Å². The molecule has 0 unspecified atom stereocenters. The Morgan fingerprint density at radius 3 is 1.73 bits per heavy atom. The molecule has 0 spiro atoms. The molecule has 0 aliphatic heterocycles. The first-order chi connectivity index (χ1) is 16.0. The van der Waals surface area contributed by atoms with E-state index in [9.17, 15) is 14.4 Å². The van der Waals surface area contributed by atoms with Gasteiger partial charge in [-0.3, -0.25) is 19.3 Å². The average molecular weight is 458 g/mol. The smallest absolute Gasteiger partial charge is 0.323 e. The molecule has 0 amide bonds. The molecule has 0 saturated heterocycles. The van der Waals surface area contributed by atoms with E-state index in [0.717, 1.165) is 24.1 Å². The lowest BCUT2D eigenvalue weighted by Crippen LogP contribution is -2.50. The fraction of sp³-hybridized carbons (Fsp3) is 0.400. The van der Waals surface area contributed by atoms with Gasteiger partial charge in [0.05, 0.1) is 26.7 Å². The Balaban J connectivity index is 2.04. The van der Waals surface area contributed by atoms with Crippen molar-refractivity contribution in [3.8, 4) is 0 Å². The molecule has 0 radical (unpaired) electrons. The van der Waals surface area contributed by atoms with Gasteiger partial charge >= 0.3 is 17.9 Å². The van der Waals surface area contributed by atoms with Crippen LogP contribution in [0.4, 0.5) is 0 Å². The van der Waals surface area contributed by atoms with E-state index in [1.54, 1.807) is 0 Å². The molecule has 0 saturated carbocycles. The molecule has 0 fully saturated rings. The van der Waals surface area contributed by atoms with Gasteiger partial charge < -0.3 is 19.9 Å². The molecule has 0 heterocycles. The molecule has 0 aliphatic rings. The summed E-state index contributed by atoms with van der Waals surface area (Å²) in [5, 5.41) is 0. The largest absolute Gasteiger partial charge is 0.468 e. The second kappa shape index (κ2) is 14.8. The van der Waals surface area contributed by atoms with E-state index < -0.39 is 23.9 Å².